The van der Waals surface area contributed by atoms with Gasteiger partial charge in [-0.15, -0.1) is 11.3 Å². The Morgan fingerprint density at radius 1 is 1.57 bits per heavy atom. The van der Waals surface area contributed by atoms with Crippen LogP contribution in [0.3, 0.4) is 0 Å². The van der Waals surface area contributed by atoms with Gasteiger partial charge in [-0.3, -0.25) is 4.68 Å². The molecule has 0 bridgehead atoms. The minimum atomic E-state index is -0.149. The van der Waals surface area contributed by atoms with Gasteiger partial charge in [-0.25, -0.2) is 4.98 Å². The van der Waals surface area contributed by atoms with E-state index in [0.29, 0.717) is 0 Å². The number of nitrogens with zero attached hydrogens (tertiary/aromatic N) is 3. The second kappa shape index (κ2) is 3.51. The molecule has 0 amide bonds. The lowest BCUT2D eigenvalue weighted by Crippen LogP contribution is -2.11. The first-order valence-electron chi connectivity index (χ1n) is 4.33. The first kappa shape index (κ1) is 9.36. The van der Waals surface area contributed by atoms with Crippen molar-refractivity contribution in [2.24, 2.45) is 12.8 Å². The summed E-state index contributed by atoms with van der Waals surface area (Å²) in [7, 11) is 1.89. The van der Waals surface area contributed by atoms with Crippen molar-refractivity contribution in [3.8, 4) is 0 Å². The van der Waals surface area contributed by atoms with E-state index in [0.717, 1.165) is 16.3 Å². The molecule has 0 aromatic carbocycles. The van der Waals surface area contributed by atoms with Gasteiger partial charge in [-0.05, 0) is 6.92 Å². The molecule has 1 atom stereocenters. The number of rotatable bonds is 2. The van der Waals surface area contributed by atoms with E-state index >= 15 is 0 Å². The van der Waals surface area contributed by atoms with Crippen molar-refractivity contribution >= 4 is 11.3 Å². The number of nitrogens with two attached hydrogens (primary N) is 1. The van der Waals surface area contributed by atoms with Gasteiger partial charge >= 0.3 is 0 Å². The van der Waals surface area contributed by atoms with Crippen molar-refractivity contribution in [2.75, 3.05) is 0 Å². The van der Waals surface area contributed by atoms with E-state index in [2.05, 4.69) is 10.1 Å². The Balaban J connectivity index is 2.36. The highest BCUT2D eigenvalue weighted by Gasteiger charge is 2.15. The lowest BCUT2D eigenvalue weighted by Gasteiger charge is -2.05. The van der Waals surface area contributed by atoms with Crippen LogP contribution in [-0.4, -0.2) is 14.8 Å². The van der Waals surface area contributed by atoms with Gasteiger partial charge in [-0.1, -0.05) is 0 Å². The van der Waals surface area contributed by atoms with Crippen LogP contribution in [0, 0.1) is 6.92 Å². The molecule has 5 heteroatoms. The molecule has 2 aromatic heterocycles. The number of hydrogen-bond acceptors (Lipinski definition) is 4. The van der Waals surface area contributed by atoms with Crippen LogP contribution < -0.4 is 5.73 Å². The van der Waals surface area contributed by atoms with Crippen molar-refractivity contribution in [3.05, 3.63) is 34.0 Å². The van der Waals surface area contributed by atoms with Crippen molar-refractivity contribution in [2.45, 2.75) is 13.0 Å². The van der Waals surface area contributed by atoms with Crippen LogP contribution in [0.2, 0.25) is 0 Å². The van der Waals surface area contributed by atoms with Crippen molar-refractivity contribution in [1.82, 2.24) is 14.8 Å². The smallest absolute Gasteiger partial charge is 0.114 e. The molecule has 0 aliphatic heterocycles. The Labute approximate surface area is 86.4 Å². The van der Waals surface area contributed by atoms with Gasteiger partial charge in [0.1, 0.15) is 5.01 Å². The second-order valence-electron chi connectivity index (χ2n) is 3.19. The van der Waals surface area contributed by atoms with E-state index in [1.807, 2.05) is 25.5 Å². The van der Waals surface area contributed by atoms with Crippen molar-refractivity contribution < 1.29 is 0 Å². The molecule has 0 fully saturated rings. The standard InChI is InChI=1S/C9H12N4S/c1-6-7(5-13(2)12-6)8(10)9-11-3-4-14-9/h3-5,8H,10H2,1-2H3. The minimum Gasteiger partial charge on any atom is -0.318 e. The van der Waals surface area contributed by atoms with E-state index in [4.69, 9.17) is 5.73 Å². The molecule has 2 heterocycles. The third-order valence-electron chi connectivity index (χ3n) is 2.10. The summed E-state index contributed by atoms with van der Waals surface area (Å²) in [5.74, 6) is 0. The predicted octanol–water partition coefficient (Wildman–Crippen LogP) is 1.23. The van der Waals surface area contributed by atoms with Crippen LogP contribution >= 0.6 is 11.3 Å². The summed E-state index contributed by atoms with van der Waals surface area (Å²) >= 11 is 1.57. The quantitative estimate of drug-likeness (QED) is 0.807. The lowest BCUT2D eigenvalue weighted by molar-refractivity contribution is 0.756. The van der Waals surface area contributed by atoms with Crippen LogP contribution in [-0.2, 0) is 7.05 Å². The fraction of sp³-hybridized carbons (Fsp3) is 0.333. The average Bonchev–Trinajstić information content (AvgIpc) is 2.73. The summed E-state index contributed by atoms with van der Waals surface area (Å²) < 4.78 is 1.78. The van der Waals surface area contributed by atoms with E-state index in [1.165, 1.54) is 0 Å². The topological polar surface area (TPSA) is 56.7 Å². The summed E-state index contributed by atoms with van der Waals surface area (Å²) in [6, 6.07) is -0.149. The summed E-state index contributed by atoms with van der Waals surface area (Å²) in [6.45, 7) is 1.96. The Morgan fingerprint density at radius 3 is 2.86 bits per heavy atom. The molecule has 1 unspecified atom stereocenters. The molecular weight excluding hydrogens is 196 g/mol. The monoisotopic (exact) mass is 208 g/mol. The van der Waals surface area contributed by atoms with Gasteiger partial charge < -0.3 is 5.73 Å². The summed E-state index contributed by atoms with van der Waals surface area (Å²) in [5.41, 5.74) is 8.08. The summed E-state index contributed by atoms with van der Waals surface area (Å²) in [5, 5.41) is 7.12. The maximum absolute atomic E-state index is 6.07. The van der Waals surface area contributed by atoms with Crippen LogP contribution in [0.4, 0.5) is 0 Å². The van der Waals surface area contributed by atoms with E-state index in [9.17, 15) is 0 Å². The average molecular weight is 208 g/mol. The van der Waals surface area contributed by atoms with Crippen LogP contribution in [0.5, 0.6) is 0 Å². The number of thiazole rings is 1. The highest BCUT2D eigenvalue weighted by Crippen LogP contribution is 2.22. The molecular formula is C9H12N4S. The molecule has 0 aliphatic rings. The molecule has 4 nitrogen and oxygen atoms in total. The largest absolute Gasteiger partial charge is 0.318 e. The third kappa shape index (κ3) is 1.56. The highest BCUT2D eigenvalue weighted by molar-refractivity contribution is 7.09. The predicted molar refractivity (Wildman–Crippen MR) is 56.1 cm³/mol. The first-order valence-corrected chi connectivity index (χ1v) is 5.21. The minimum absolute atomic E-state index is 0.149. The van der Waals surface area contributed by atoms with Gasteiger partial charge in [0.2, 0.25) is 0 Å². The van der Waals surface area contributed by atoms with Gasteiger partial charge in [-0.2, -0.15) is 5.10 Å². The molecule has 2 rings (SSSR count). The normalized spacial score (nSPS) is 13.1. The van der Waals surface area contributed by atoms with E-state index in [-0.39, 0.29) is 6.04 Å². The van der Waals surface area contributed by atoms with Gasteiger partial charge in [0.25, 0.3) is 0 Å². The van der Waals surface area contributed by atoms with Gasteiger partial charge in [0.05, 0.1) is 11.7 Å². The Bertz CT molecular complexity index is 418. The molecule has 0 aliphatic carbocycles. The molecule has 2 N–H and O–H groups in total. The van der Waals surface area contributed by atoms with Crippen LogP contribution in [0.1, 0.15) is 22.3 Å². The zero-order chi connectivity index (χ0) is 10.1. The fourth-order valence-electron chi connectivity index (χ4n) is 1.44. The number of aryl methyl sites for hydroxylation is 2. The maximum atomic E-state index is 6.07. The maximum Gasteiger partial charge on any atom is 0.114 e. The summed E-state index contributed by atoms with van der Waals surface area (Å²) in [6.07, 6.45) is 3.72. The van der Waals surface area contributed by atoms with Crippen molar-refractivity contribution in [1.29, 1.82) is 0 Å². The molecule has 0 radical (unpaired) electrons. The SMILES string of the molecule is Cc1nn(C)cc1C(N)c1nccs1. The van der Waals surface area contributed by atoms with Gasteiger partial charge in [0, 0.05) is 30.4 Å². The summed E-state index contributed by atoms with van der Waals surface area (Å²) in [4.78, 5) is 4.20. The van der Waals surface area contributed by atoms with Crippen LogP contribution in [0.25, 0.3) is 0 Å². The van der Waals surface area contributed by atoms with E-state index < -0.39 is 0 Å². The lowest BCUT2D eigenvalue weighted by atomic mass is 10.1. The molecule has 2 aromatic rings. The molecule has 0 saturated carbocycles. The number of aromatic nitrogens is 3. The zero-order valence-electron chi connectivity index (χ0n) is 8.14. The zero-order valence-corrected chi connectivity index (χ0v) is 8.95. The Hall–Kier alpha value is -1.20. The number of hydrogen-bond donors (Lipinski definition) is 1. The fourth-order valence-corrected chi connectivity index (χ4v) is 2.10. The Morgan fingerprint density at radius 2 is 2.36 bits per heavy atom. The Kier molecular flexibility index (Phi) is 2.35. The molecule has 74 valence electrons. The van der Waals surface area contributed by atoms with Crippen LogP contribution in [0.15, 0.2) is 17.8 Å². The molecule has 14 heavy (non-hydrogen) atoms. The highest BCUT2D eigenvalue weighted by atomic mass is 32.1. The molecule has 0 saturated heterocycles. The van der Waals surface area contributed by atoms with Crippen molar-refractivity contribution in [3.63, 3.8) is 0 Å². The van der Waals surface area contributed by atoms with E-state index in [1.54, 1.807) is 22.2 Å². The first-order chi connectivity index (χ1) is 6.68. The third-order valence-corrected chi connectivity index (χ3v) is 2.96. The van der Waals surface area contributed by atoms with Gasteiger partial charge in [0.15, 0.2) is 0 Å². The second-order valence-corrected chi connectivity index (χ2v) is 4.12. The molecule has 0 spiro atoms.